The van der Waals surface area contributed by atoms with Crippen molar-refractivity contribution >= 4 is 5.91 Å². The summed E-state index contributed by atoms with van der Waals surface area (Å²) in [6.45, 7) is 0.529. The number of carbonyl (C=O) groups excluding carboxylic acids is 1. The average molecular weight is 224 g/mol. The number of amides is 1. The minimum absolute atomic E-state index is 0.0187. The maximum absolute atomic E-state index is 11.7. The molecule has 6 heteroatoms. The molecule has 0 radical (unpaired) electrons. The van der Waals surface area contributed by atoms with E-state index in [1.807, 2.05) is 0 Å². The predicted octanol–water partition coefficient (Wildman–Crippen LogP) is -0.144. The van der Waals surface area contributed by atoms with Gasteiger partial charge in [0.05, 0.1) is 5.92 Å². The Morgan fingerprint density at radius 3 is 3.12 bits per heavy atom. The van der Waals surface area contributed by atoms with E-state index >= 15 is 0 Å². The highest BCUT2D eigenvalue weighted by molar-refractivity contribution is 5.79. The van der Waals surface area contributed by atoms with Gasteiger partial charge < -0.3 is 15.6 Å². The largest absolute Gasteiger partial charge is 0.355 e. The lowest BCUT2D eigenvalue weighted by Crippen LogP contribution is -2.39. The van der Waals surface area contributed by atoms with Crippen LogP contribution >= 0.6 is 0 Å². The van der Waals surface area contributed by atoms with Gasteiger partial charge >= 0.3 is 0 Å². The first-order valence-corrected chi connectivity index (χ1v) is 5.56. The monoisotopic (exact) mass is 224 g/mol. The topological polar surface area (TPSA) is 94.0 Å². The molecule has 3 N–H and O–H groups in total. The van der Waals surface area contributed by atoms with Crippen molar-refractivity contribution in [2.75, 3.05) is 6.54 Å². The molecule has 1 saturated carbocycles. The average Bonchev–Trinajstić information content (AvgIpc) is 2.88. The second kappa shape index (κ2) is 5.07. The summed E-state index contributed by atoms with van der Waals surface area (Å²) in [6, 6.07) is 0.0187. The summed E-state index contributed by atoms with van der Waals surface area (Å²) in [5.74, 6) is 0.634. The van der Waals surface area contributed by atoms with E-state index in [1.165, 1.54) is 6.39 Å². The van der Waals surface area contributed by atoms with Gasteiger partial charge in [-0.2, -0.15) is 4.98 Å². The lowest BCUT2D eigenvalue weighted by atomic mass is 10.0. The van der Waals surface area contributed by atoms with Gasteiger partial charge in [-0.3, -0.25) is 4.79 Å². The number of nitrogens with one attached hydrogen (secondary N) is 1. The summed E-state index contributed by atoms with van der Waals surface area (Å²) in [7, 11) is 0. The van der Waals surface area contributed by atoms with Crippen LogP contribution in [-0.2, 0) is 11.2 Å². The van der Waals surface area contributed by atoms with Crippen molar-refractivity contribution in [3.05, 3.63) is 12.2 Å². The third-order valence-corrected chi connectivity index (χ3v) is 2.96. The third-order valence-electron chi connectivity index (χ3n) is 2.96. The molecule has 1 aliphatic carbocycles. The van der Waals surface area contributed by atoms with Gasteiger partial charge in [0.15, 0.2) is 5.82 Å². The number of nitrogens with two attached hydrogens (primary N) is 1. The first-order valence-electron chi connectivity index (χ1n) is 5.56. The van der Waals surface area contributed by atoms with Crippen molar-refractivity contribution in [1.29, 1.82) is 0 Å². The summed E-state index contributed by atoms with van der Waals surface area (Å²) in [5.41, 5.74) is 5.85. The number of rotatable bonds is 4. The molecular formula is C10H16N4O2. The zero-order chi connectivity index (χ0) is 11.4. The molecule has 2 atom stereocenters. The van der Waals surface area contributed by atoms with Gasteiger partial charge in [0.2, 0.25) is 12.3 Å². The first kappa shape index (κ1) is 11.1. The molecule has 0 aromatic carbocycles. The maximum Gasteiger partial charge on any atom is 0.224 e. The Hall–Kier alpha value is -1.43. The van der Waals surface area contributed by atoms with Crippen LogP contribution in [0.3, 0.4) is 0 Å². The van der Waals surface area contributed by atoms with Crippen LogP contribution in [0.15, 0.2) is 10.9 Å². The molecule has 1 heterocycles. The van der Waals surface area contributed by atoms with Crippen LogP contribution in [0.1, 0.15) is 25.1 Å². The van der Waals surface area contributed by atoms with Crippen molar-refractivity contribution < 1.29 is 9.32 Å². The fraction of sp³-hybridized carbons (Fsp3) is 0.700. The number of hydrogen-bond acceptors (Lipinski definition) is 5. The molecule has 0 spiro atoms. The fourth-order valence-corrected chi connectivity index (χ4v) is 2.05. The molecule has 1 aromatic rings. The highest BCUT2D eigenvalue weighted by Crippen LogP contribution is 2.23. The van der Waals surface area contributed by atoms with Crippen molar-refractivity contribution in [2.45, 2.75) is 31.7 Å². The van der Waals surface area contributed by atoms with Crippen LogP contribution in [0.25, 0.3) is 0 Å². The van der Waals surface area contributed by atoms with Crippen LogP contribution in [0.4, 0.5) is 0 Å². The first-order chi connectivity index (χ1) is 7.77. The van der Waals surface area contributed by atoms with Gasteiger partial charge in [-0.25, -0.2) is 0 Å². The van der Waals surface area contributed by atoms with Crippen molar-refractivity contribution in [2.24, 2.45) is 11.7 Å². The summed E-state index contributed by atoms with van der Waals surface area (Å²) >= 11 is 0. The van der Waals surface area contributed by atoms with Crippen molar-refractivity contribution in [3.63, 3.8) is 0 Å². The lowest BCUT2D eigenvalue weighted by Gasteiger charge is -2.14. The van der Waals surface area contributed by atoms with E-state index in [2.05, 4.69) is 20.0 Å². The highest BCUT2D eigenvalue weighted by Gasteiger charge is 2.29. The number of aromatic nitrogens is 2. The smallest absolute Gasteiger partial charge is 0.224 e. The van der Waals surface area contributed by atoms with E-state index < -0.39 is 0 Å². The molecule has 2 rings (SSSR count). The van der Waals surface area contributed by atoms with E-state index in [-0.39, 0.29) is 17.9 Å². The summed E-state index contributed by atoms with van der Waals surface area (Å²) in [6.07, 6.45) is 4.76. The lowest BCUT2D eigenvalue weighted by molar-refractivity contribution is -0.125. The van der Waals surface area contributed by atoms with Crippen LogP contribution < -0.4 is 11.1 Å². The molecule has 0 aliphatic heterocycles. The fourth-order valence-electron chi connectivity index (χ4n) is 2.05. The zero-order valence-electron chi connectivity index (χ0n) is 9.06. The molecule has 1 fully saturated rings. The minimum atomic E-state index is -0.0229. The van der Waals surface area contributed by atoms with Crippen LogP contribution in [0.2, 0.25) is 0 Å². The number of nitrogens with zero attached hydrogens (tertiary/aromatic N) is 2. The Morgan fingerprint density at radius 2 is 2.50 bits per heavy atom. The van der Waals surface area contributed by atoms with E-state index in [0.29, 0.717) is 18.8 Å². The van der Waals surface area contributed by atoms with Crippen LogP contribution in [-0.4, -0.2) is 28.6 Å². The maximum atomic E-state index is 11.7. The van der Waals surface area contributed by atoms with Gasteiger partial charge in [-0.05, 0) is 12.8 Å². The molecule has 16 heavy (non-hydrogen) atoms. The predicted molar refractivity (Wildman–Crippen MR) is 56.3 cm³/mol. The Kier molecular flexibility index (Phi) is 3.51. The molecule has 0 bridgehead atoms. The zero-order valence-corrected chi connectivity index (χ0v) is 9.06. The van der Waals surface area contributed by atoms with Crippen molar-refractivity contribution in [1.82, 2.24) is 15.5 Å². The summed E-state index contributed by atoms with van der Waals surface area (Å²) in [5, 5.41) is 6.52. The molecule has 6 nitrogen and oxygen atoms in total. The van der Waals surface area contributed by atoms with Gasteiger partial charge in [0, 0.05) is 19.0 Å². The molecule has 0 saturated heterocycles. The van der Waals surface area contributed by atoms with E-state index in [1.54, 1.807) is 0 Å². The second-order valence-electron chi connectivity index (χ2n) is 4.09. The van der Waals surface area contributed by atoms with Gasteiger partial charge in [0.1, 0.15) is 0 Å². The van der Waals surface area contributed by atoms with Crippen LogP contribution in [0, 0.1) is 5.92 Å². The molecule has 1 aromatic heterocycles. The summed E-state index contributed by atoms with van der Waals surface area (Å²) < 4.78 is 4.60. The normalized spacial score (nSPS) is 24.6. The van der Waals surface area contributed by atoms with E-state index in [4.69, 9.17) is 5.73 Å². The third kappa shape index (κ3) is 2.57. The quantitative estimate of drug-likeness (QED) is 0.742. The standard InChI is InChI=1S/C10H16N4O2/c11-8-3-1-2-7(8)10(15)12-5-4-9-13-6-16-14-9/h6-8H,1-5,11H2,(H,12,15). The minimum Gasteiger partial charge on any atom is -0.355 e. The Balaban J connectivity index is 1.71. The highest BCUT2D eigenvalue weighted by atomic mass is 16.5. The number of carbonyl (C=O) groups is 1. The molecule has 2 unspecified atom stereocenters. The SMILES string of the molecule is NC1CCCC1C(=O)NCCc1ncon1. The van der Waals surface area contributed by atoms with Crippen LogP contribution in [0.5, 0.6) is 0 Å². The molecule has 88 valence electrons. The van der Waals surface area contributed by atoms with Gasteiger partial charge in [-0.1, -0.05) is 11.6 Å². The molecule has 1 aliphatic rings. The molecular weight excluding hydrogens is 208 g/mol. The number of hydrogen-bond donors (Lipinski definition) is 2. The Bertz CT molecular complexity index is 339. The second-order valence-corrected chi connectivity index (χ2v) is 4.09. The Morgan fingerprint density at radius 1 is 1.62 bits per heavy atom. The van der Waals surface area contributed by atoms with Gasteiger partial charge in [-0.15, -0.1) is 0 Å². The van der Waals surface area contributed by atoms with Crippen molar-refractivity contribution in [3.8, 4) is 0 Å². The Labute approximate surface area is 93.6 Å². The van der Waals surface area contributed by atoms with Gasteiger partial charge in [0.25, 0.3) is 0 Å². The van der Waals surface area contributed by atoms with E-state index in [9.17, 15) is 4.79 Å². The molecule has 1 amide bonds. The summed E-state index contributed by atoms with van der Waals surface area (Å²) in [4.78, 5) is 15.6. The van der Waals surface area contributed by atoms with E-state index in [0.717, 1.165) is 19.3 Å².